The number of phenolic OH excluding ortho intramolecular Hbond substituents is 1. The van der Waals surface area contributed by atoms with Gasteiger partial charge in [0.1, 0.15) is 11.8 Å². The third-order valence-electron chi connectivity index (χ3n) is 2.01. The van der Waals surface area contributed by atoms with Gasteiger partial charge in [0.25, 0.3) is 5.69 Å². The number of aromatic hydroxyl groups is 1. The van der Waals surface area contributed by atoms with Crippen LogP contribution in [0.5, 0.6) is 5.75 Å². The van der Waals surface area contributed by atoms with E-state index in [4.69, 9.17) is 5.73 Å². The molecule has 0 aromatic heterocycles. The van der Waals surface area contributed by atoms with Gasteiger partial charge >= 0.3 is 5.97 Å². The van der Waals surface area contributed by atoms with Crippen molar-refractivity contribution in [3.8, 4) is 5.75 Å². The lowest BCUT2D eigenvalue weighted by Gasteiger charge is -2.10. The SMILES string of the molecule is COC(=O)[C@H](N)c1cc([N+](=O)[O-])ccc1O.Cl. The van der Waals surface area contributed by atoms with E-state index in [-0.39, 0.29) is 29.4 Å². The maximum atomic E-state index is 11.1. The molecule has 0 spiro atoms. The van der Waals surface area contributed by atoms with Crippen LogP contribution in [-0.4, -0.2) is 23.1 Å². The lowest BCUT2D eigenvalue weighted by Crippen LogP contribution is -2.22. The van der Waals surface area contributed by atoms with Gasteiger partial charge in [-0.2, -0.15) is 0 Å². The van der Waals surface area contributed by atoms with Crippen LogP contribution >= 0.6 is 12.4 Å². The third kappa shape index (κ3) is 3.30. The zero-order valence-corrected chi connectivity index (χ0v) is 9.64. The van der Waals surface area contributed by atoms with E-state index in [9.17, 15) is 20.0 Å². The summed E-state index contributed by atoms with van der Waals surface area (Å²) >= 11 is 0. The number of nitro groups is 1. The number of nitro benzene ring substituents is 1. The zero-order valence-electron chi connectivity index (χ0n) is 8.82. The highest BCUT2D eigenvalue weighted by molar-refractivity contribution is 5.85. The molecule has 0 aliphatic rings. The molecule has 0 aliphatic heterocycles. The molecule has 7 nitrogen and oxygen atoms in total. The molecule has 94 valence electrons. The molecule has 1 aromatic carbocycles. The van der Waals surface area contributed by atoms with E-state index in [0.29, 0.717) is 0 Å². The molecule has 0 heterocycles. The number of ether oxygens (including phenoxy) is 1. The number of nitrogens with two attached hydrogens (primary N) is 1. The van der Waals surface area contributed by atoms with Gasteiger partial charge in [-0.1, -0.05) is 0 Å². The van der Waals surface area contributed by atoms with Crippen LogP contribution in [0.1, 0.15) is 11.6 Å². The first kappa shape index (κ1) is 15.1. The van der Waals surface area contributed by atoms with E-state index in [1.165, 1.54) is 0 Å². The normalized spacial score (nSPS) is 11.2. The van der Waals surface area contributed by atoms with Crippen LogP contribution in [0, 0.1) is 10.1 Å². The minimum atomic E-state index is -1.25. The summed E-state index contributed by atoms with van der Waals surface area (Å²) in [5.74, 6) is -1.07. The van der Waals surface area contributed by atoms with Crippen LogP contribution in [0.3, 0.4) is 0 Å². The fourth-order valence-electron chi connectivity index (χ4n) is 1.16. The fourth-order valence-corrected chi connectivity index (χ4v) is 1.16. The molecule has 0 saturated carbocycles. The average molecular weight is 263 g/mol. The van der Waals surface area contributed by atoms with Crippen LogP contribution in [0.25, 0.3) is 0 Å². The molecule has 0 saturated heterocycles. The molecular weight excluding hydrogens is 252 g/mol. The summed E-state index contributed by atoms with van der Waals surface area (Å²) in [4.78, 5) is 21.0. The van der Waals surface area contributed by atoms with Crippen LogP contribution in [0.15, 0.2) is 18.2 Å². The van der Waals surface area contributed by atoms with E-state index >= 15 is 0 Å². The molecule has 8 heteroatoms. The average Bonchev–Trinajstić information content (AvgIpc) is 2.27. The van der Waals surface area contributed by atoms with Gasteiger partial charge in [0.2, 0.25) is 0 Å². The second-order valence-electron chi connectivity index (χ2n) is 3.00. The number of hydrogen-bond acceptors (Lipinski definition) is 6. The monoisotopic (exact) mass is 262 g/mol. The molecule has 1 aromatic rings. The minimum absolute atomic E-state index is 0. The topological polar surface area (TPSA) is 116 Å². The number of benzene rings is 1. The number of methoxy groups -OCH3 is 1. The summed E-state index contributed by atoms with van der Waals surface area (Å²) < 4.78 is 4.38. The molecule has 0 amide bonds. The van der Waals surface area contributed by atoms with Crippen molar-refractivity contribution in [1.29, 1.82) is 0 Å². The first-order chi connectivity index (χ1) is 7.47. The van der Waals surface area contributed by atoms with Gasteiger partial charge in [-0.25, -0.2) is 0 Å². The van der Waals surface area contributed by atoms with Gasteiger partial charge in [-0.3, -0.25) is 14.9 Å². The second-order valence-corrected chi connectivity index (χ2v) is 3.00. The van der Waals surface area contributed by atoms with Crippen molar-refractivity contribution >= 4 is 24.1 Å². The quantitative estimate of drug-likeness (QED) is 0.475. The smallest absolute Gasteiger partial charge is 0.327 e. The number of rotatable bonds is 3. The predicted molar refractivity (Wildman–Crippen MR) is 61.0 cm³/mol. The Morgan fingerprint density at radius 1 is 1.59 bits per heavy atom. The van der Waals surface area contributed by atoms with Crippen molar-refractivity contribution in [1.82, 2.24) is 0 Å². The van der Waals surface area contributed by atoms with Crippen LogP contribution < -0.4 is 5.73 Å². The van der Waals surface area contributed by atoms with Crippen LogP contribution in [0.2, 0.25) is 0 Å². The summed E-state index contributed by atoms with van der Waals surface area (Å²) in [6, 6.07) is 2.01. The standard InChI is InChI=1S/C9H10N2O5.ClH/c1-16-9(13)8(10)6-4-5(11(14)15)2-3-7(6)12;/h2-4,8,12H,10H2,1H3;1H/t8-;/m1./s1. The maximum Gasteiger partial charge on any atom is 0.327 e. The van der Waals surface area contributed by atoms with Gasteiger partial charge in [0.05, 0.1) is 12.0 Å². The van der Waals surface area contributed by atoms with Gasteiger partial charge < -0.3 is 15.6 Å². The Balaban J connectivity index is 0.00000256. The number of carbonyl (C=O) groups excluding carboxylic acids is 1. The Morgan fingerprint density at radius 2 is 2.18 bits per heavy atom. The number of halogens is 1. The van der Waals surface area contributed by atoms with Gasteiger partial charge in [0, 0.05) is 17.7 Å². The first-order valence-electron chi connectivity index (χ1n) is 4.28. The Bertz CT molecular complexity index is 437. The maximum absolute atomic E-state index is 11.1. The van der Waals surface area contributed by atoms with E-state index in [1.807, 2.05) is 0 Å². The summed E-state index contributed by atoms with van der Waals surface area (Å²) in [5, 5.41) is 19.9. The van der Waals surface area contributed by atoms with Crippen molar-refractivity contribution in [2.45, 2.75) is 6.04 Å². The summed E-state index contributed by atoms with van der Waals surface area (Å²) in [5.41, 5.74) is 5.16. The van der Waals surface area contributed by atoms with Crippen molar-refractivity contribution in [2.24, 2.45) is 5.73 Å². The minimum Gasteiger partial charge on any atom is -0.508 e. The molecule has 0 radical (unpaired) electrons. The number of phenols is 1. The molecule has 0 unspecified atom stereocenters. The van der Waals surface area contributed by atoms with Gasteiger partial charge in [-0.15, -0.1) is 12.4 Å². The Kier molecular flexibility index (Phi) is 5.36. The van der Waals surface area contributed by atoms with E-state index in [0.717, 1.165) is 25.3 Å². The molecule has 0 fully saturated rings. The Hall–Kier alpha value is -1.86. The number of nitrogens with zero attached hydrogens (tertiary/aromatic N) is 1. The fraction of sp³-hybridized carbons (Fsp3) is 0.222. The highest BCUT2D eigenvalue weighted by Crippen LogP contribution is 2.27. The second kappa shape index (κ2) is 6.02. The molecule has 3 N–H and O–H groups in total. The third-order valence-corrected chi connectivity index (χ3v) is 2.01. The van der Waals surface area contributed by atoms with Crippen LogP contribution in [0.4, 0.5) is 5.69 Å². The highest BCUT2D eigenvalue weighted by atomic mass is 35.5. The van der Waals surface area contributed by atoms with Crippen molar-refractivity contribution in [2.75, 3.05) is 7.11 Å². The van der Waals surface area contributed by atoms with E-state index < -0.39 is 16.9 Å². The van der Waals surface area contributed by atoms with E-state index in [2.05, 4.69) is 4.74 Å². The number of hydrogen-bond donors (Lipinski definition) is 2. The van der Waals surface area contributed by atoms with Gasteiger partial charge in [0.15, 0.2) is 0 Å². The number of carbonyl (C=O) groups is 1. The summed E-state index contributed by atoms with van der Waals surface area (Å²) in [6.07, 6.45) is 0. The molecule has 1 rings (SSSR count). The van der Waals surface area contributed by atoms with Crippen LogP contribution in [-0.2, 0) is 9.53 Å². The number of esters is 1. The zero-order chi connectivity index (χ0) is 12.3. The van der Waals surface area contributed by atoms with Gasteiger partial charge in [-0.05, 0) is 6.07 Å². The largest absolute Gasteiger partial charge is 0.508 e. The Labute approximate surface area is 103 Å². The molecule has 1 atom stereocenters. The highest BCUT2D eigenvalue weighted by Gasteiger charge is 2.22. The lowest BCUT2D eigenvalue weighted by molar-refractivity contribution is -0.384. The number of non-ortho nitro benzene ring substituents is 1. The molecular formula is C9H11ClN2O5. The predicted octanol–water partition coefficient (Wildman–Crippen LogP) is 0.895. The van der Waals surface area contributed by atoms with Crippen molar-refractivity contribution in [3.63, 3.8) is 0 Å². The summed E-state index contributed by atoms with van der Waals surface area (Å²) in [7, 11) is 1.14. The molecule has 0 aliphatic carbocycles. The first-order valence-corrected chi connectivity index (χ1v) is 4.28. The Morgan fingerprint density at radius 3 is 2.65 bits per heavy atom. The molecule has 17 heavy (non-hydrogen) atoms. The van der Waals surface area contributed by atoms with Crippen molar-refractivity contribution in [3.05, 3.63) is 33.9 Å². The van der Waals surface area contributed by atoms with Crippen molar-refractivity contribution < 1.29 is 19.6 Å². The summed E-state index contributed by atoms with van der Waals surface area (Å²) in [6.45, 7) is 0. The molecule has 0 bridgehead atoms. The lowest BCUT2D eigenvalue weighted by atomic mass is 10.1. The van der Waals surface area contributed by atoms with E-state index in [1.54, 1.807) is 0 Å².